The van der Waals surface area contributed by atoms with E-state index in [2.05, 4.69) is 50.4 Å². The lowest BCUT2D eigenvalue weighted by Gasteiger charge is -2.32. The fourth-order valence-corrected chi connectivity index (χ4v) is 3.82. The third kappa shape index (κ3) is 6.07. The average molecular weight is 424 g/mol. The van der Waals surface area contributed by atoms with Gasteiger partial charge in [-0.15, -0.1) is 0 Å². The van der Waals surface area contributed by atoms with Gasteiger partial charge < -0.3 is 10.2 Å². The van der Waals surface area contributed by atoms with Crippen molar-refractivity contribution in [2.24, 2.45) is 5.92 Å². The van der Waals surface area contributed by atoms with Crippen LogP contribution >= 0.6 is 0 Å². The number of anilines is 2. The molecular weight excluding hydrogens is 390 g/mol. The number of carbonyl (C=O) groups is 2. The Kier molecular flexibility index (Phi) is 7.01. The van der Waals surface area contributed by atoms with Crippen LogP contribution in [0.15, 0.2) is 48.5 Å². The molecule has 0 aromatic heterocycles. The molecule has 2 N–H and O–H groups in total. The van der Waals surface area contributed by atoms with Crippen LogP contribution in [0.25, 0.3) is 0 Å². The van der Waals surface area contributed by atoms with Gasteiger partial charge in [0.1, 0.15) is 0 Å². The van der Waals surface area contributed by atoms with Crippen molar-refractivity contribution in [3.05, 3.63) is 59.7 Å². The van der Waals surface area contributed by atoms with Crippen molar-refractivity contribution >= 4 is 23.2 Å². The number of benzene rings is 2. The second kappa shape index (κ2) is 9.52. The molecule has 0 aliphatic carbocycles. The summed E-state index contributed by atoms with van der Waals surface area (Å²) in [7, 11) is 0. The first-order valence-electron chi connectivity index (χ1n) is 10.9. The minimum Gasteiger partial charge on any atom is -0.356 e. The SMILES string of the molecule is CC(=O)N1CCC(C(=O)N(O)Cc2ccc(Nc3ccc(C(C)(C)C)cc3)cc2)CC1. The Labute approximate surface area is 184 Å². The summed E-state index contributed by atoms with van der Waals surface area (Å²) in [5.41, 5.74) is 4.22. The van der Waals surface area contributed by atoms with Crippen LogP contribution in [-0.2, 0) is 21.5 Å². The minimum absolute atomic E-state index is 0.0330. The van der Waals surface area contributed by atoms with Crippen LogP contribution in [0.4, 0.5) is 11.4 Å². The zero-order valence-electron chi connectivity index (χ0n) is 18.9. The number of hydroxylamine groups is 2. The van der Waals surface area contributed by atoms with Gasteiger partial charge in [-0.1, -0.05) is 45.0 Å². The van der Waals surface area contributed by atoms with Crippen molar-refractivity contribution in [1.29, 1.82) is 0 Å². The van der Waals surface area contributed by atoms with Crippen molar-refractivity contribution in [2.75, 3.05) is 18.4 Å². The van der Waals surface area contributed by atoms with E-state index < -0.39 is 0 Å². The zero-order valence-corrected chi connectivity index (χ0v) is 18.9. The number of nitrogens with one attached hydrogen (secondary N) is 1. The molecular formula is C25H33N3O3. The molecule has 6 nitrogen and oxygen atoms in total. The van der Waals surface area contributed by atoms with E-state index in [0.717, 1.165) is 22.0 Å². The molecule has 0 bridgehead atoms. The quantitative estimate of drug-likeness (QED) is 0.540. The molecule has 0 saturated carbocycles. The highest BCUT2D eigenvalue weighted by Crippen LogP contribution is 2.25. The van der Waals surface area contributed by atoms with E-state index in [1.165, 1.54) is 5.56 Å². The Morgan fingerprint density at radius 1 is 1.00 bits per heavy atom. The van der Waals surface area contributed by atoms with Crippen LogP contribution in [0.3, 0.4) is 0 Å². The molecule has 1 aliphatic rings. The molecule has 1 fully saturated rings. The van der Waals surface area contributed by atoms with Crippen LogP contribution in [0, 0.1) is 5.92 Å². The van der Waals surface area contributed by atoms with Crippen LogP contribution in [0.2, 0.25) is 0 Å². The maximum absolute atomic E-state index is 12.5. The van der Waals surface area contributed by atoms with Gasteiger partial charge in [0.25, 0.3) is 0 Å². The van der Waals surface area contributed by atoms with E-state index in [9.17, 15) is 14.8 Å². The number of carbonyl (C=O) groups excluding carboxylic acids is 2. The third-order valence-corrected chi connectivity index (χ3v) is 5.87. The summed E-state index contributed by atoms with van der Waals surface area (Å²) in [6, 6.07) is 16.1. The summed E-state index contributed by atoms with van der Waals surface area (Å²) in [5, 5.41) is 14.5. The Hall–Kier alpha value is -2.86. The van der Waals surface area contributed by atoms with Gasteiger partial charge in [-0.25, -0.2) is 5.06 Å². The van der Waals surface area contributed by atoms with Crippen molar-refractivity contribution in [3.63, 3.8) is 0 Å². The van der Waals surface area contributed by atoms with Gasteiger partial charge >= 0.3 is 0 Å². The molecule has 1 heterocycles. The van der Waals surface area contributed by atoms with E-state index in [1.54, 1.807) is 11.8 Å². The van der Waals surface area contributed by atoms with E-state index in [-0.39, 0.29) is 29.7 Å². The number of nitrogens with zero attached hydrogens (tertiary/aromatic N) is 2. The molecule has 166 valence electrons. The summed E-state index contributed by atoms with van der Waals surface area (Å²) in [4.78, 5) is 25.7. The molecule has 31 heavy (non-hydrogen) atoms. The molecule has 6 heteroatoms. The molecule has 2 amide bonds. The van der Waals surface area contributed by atoms with Crippen LogP contribution < -0.4 is 5.32 Å². The molecule has 1 saturated heterocycles. The number of amides is 2. The van der Waals surface area contributed by atoms with Crippen LogP contribution in [-0.4, -0.2) is 40.1 Å². The van der Waals surface area contributed by atoms with Gasteiger partial charge in [0.15, 0.2) is 0 Å². The number of rotatable bonds is 5. The smallest absolute Gasteiger partial charge is 0.249 e. The largest absolute Gasteiger partial charge is 0.356 e. The van der Waals surface area contributed by atoms with Crippen LogP contribution in [0.5, 0.6) is 0 Å². The lowest BCUT2D eigenvalue weighted by atomic mass is 9.87. The van der Waals surface area contributed by atoms with Gasteiger partial charge in [0, 0.05) is 37.3 Å². The second-order valence-electron chi connectivity index (χ2n) is 9.33. The molecule has 0 unspecified atom stereocenters. The first-order chi connectivity index (χ1) is 14.6. The second-order valence-corrected chi connectivity index (χ2v) is 9.33. The van der Waals surface area contributed by atoms with Crippen LogP contribution in [0.1, 0.15) is 51.7 Å². The van der Waals surface area contributed by atoms with Gasteiger partial charge in [0.05, 0.1) is 6.54 Å². The number of piperidine rings is 1. The number of likely N-dealkylation sites (tertiary alicyclic amines) is 1. The van der Waals surface area contributed by atoms with Crippen molar-refractivity contribution in [2.45, 2.75) is 52.5 Å². The van der Waals surface area contributed by atoms with E-state index >= 15 is 0 Å². The zero-order chi connectivity index (χ0) is 22.6. The van der Waals surface area contributed by atoms with E-state index in [0.29, 0.717) is 25.9 Å². The fourth-order valence-electron chi connectivity index (χ4n) is 3.82. The standard InChI is InChI=1S/C25H33N3O3/c1-18(29)27-15-13-20(14-16-27)24(30)28(31)17-19-5-9-22(10-6-19)26-23-11-7-21(8-12-23)25(2,3)4/h5-12,20,26,31H,13-17H2,1-4H3. The Bertz CT molecular complexity index is 893. The Morgan fingerprint density at radius 3 is 2.00 bits per heavy atom. The van der Waals surface area contributed by atoms with Gasteiger partial charge in [-0.2, -0.15) is 0 Å². The van der Waals surface area contributed by atoms with Crippen molar-refractivity contribution in [3.8, 4) is 0 Å². The van der Waals surface area contributed by atoms with Gasteiger partial charge in [-0.05, 0) is 53.6 Å². The third-order valence-electron chi connectivity index (χ3n) is 5.87. The molecule has 0 spiro atoms. The minimum atomic E-state index is -0.274. The summed E-state index contributed by atoms with van der Waals surface area (Å²) in [6.45, 7) is 9.40. The first kappa shape index (κ1) is 22.8. The molecule has 0 radical (unpaired) electrons. The highest BCUT2D eigenvalue weighted by molar-refractivity contribution is 5.78. The maximum atomic E-state index is 12.5. The molecule has 2 aromatic rings. The lowest BCUT2D eigenvalue weighted by molar-refractivity contribution is -0.174. The van der Waals surface area contributed by atoms with Gasteiger partial charge in [-0.3, -0.25) is 14.8 Å². The predicted octanol–water partition coefficient (Wildman–Crippen LogP) is 4.70. The molecule has 1 aliphatic heterocycles. The Morgan fingerprint density at radius 2 is 1.52 bits per heavy atom. The predicted molar refractivity (Wildman–Crippen MR) is 122 cm³/mol. The monoisotopic (exact) mass is 423 g/mol. The first-order valence-corrected chi connectivity index (χ1v) is 10.9. The summed E-state index contributed by atoms with van der Waals surface area (Å²) < 4.78 is 0. The summed E-state index contributed by atoms with van der Waals surface area (Å²) >= 11 is 0. The summed E-state index contributed by atoms with van der Waals surface area (Å²) in [5.74, 6) is -0.479. The van der Waals surface area contributed by atoms with E-state index in [1.807, 2.05) is 24.3 Å². The van der Waals surface area contributed by atoms with Gasteiger partial charge in [0.2, 0.25) is 11.8 Å². The topological polar surface area (TPSA) is 72.9 Å². The molecule has 2 aromatic carbocycles. The lowest BCUT2D eigenvalue weighted by Crippen LogP contribution is -2.42. The highest BCUT2D eigenvalue weighted by atomic mass is 16.5. The summed E-state index contributed by atoms with van der Waals surface area (Å²) in [6.07, 6.45) is 1.18. The number of hydrogen-bond acceptors (Lipinski definition) is 4. The normalized spacial score (nSPS) is 14.9. The maximum Gasteiger partial charge on any atom is 0.249 e. The van der Waals surface area contributed by atoms with Crippen molar-refractivity contribution in [1.82, 2.24) is 9.96 Å². The number of hydrogen-bond donors (Lipinski definition) is 2. The average Bonchev–Trinajstić information content (AvgIpc) is 2.74. The fraction of sp³-hybridized carbons (Fsp3) is 0.440. The Balaban J connectivity index is 1.53. The molecule has 3 rings (SSSR count). The molecule has 0 atom stereocenters. The highest BCUT2D eigenvalue weighted by Gasteiger charge is 2.29. The van der Waals surface area contributed by atoms with E-state index in [4.69, 9.17) is 0 Å². The van der Waals surface area contributed by atoms with Crippen molar-refractivity contribution < 1.29 is 14.8 Å².